The molecule has 0 spiro atoms. The van der Waals surface area contributed by atoms with Crippen molar-refractivity contribution in [3.8, 4) is 5.75 Å². The fourth-order valence-corrected chi connectivity index (χ4v) is 4.39. The van der Waals surface area contributed by atoms with Crippen molar-refractivity contribution in [2.24, 2.45) is 0 Å². The number of hydrogen-bond acceptors (Lipinski definition) is 6. The van der Waals surface area contributed by atoms with Crippen molar-refractivity contribution in [3.63, 3.8) is 0 Å². The number of benzene rings is 2. The van der Waals surface area contributed by atoms with E-state index < -0.39 is 5.97 Å². The molecule has 1 amide bonds. The lowest BCUT2D eigenvalue weighted by Gasteiger charge is -2.36. The van der Waals surface area contributed by atoms with Crippen LogP contribution in [-0.2, 0) is 4.74 Å². The van der Waals surface area contributed by atoms with Gasteiger partial charge in [0, 0.05) is 30.7 Å². The van der Waals surface area contributed by atoms with Gasteiger partial charge in [-0.2, -0.15) is 0 Å². The molecule has 0 aromatic heterocycles. The van der Waals surface area contributed by atoms with E-state index in [0.717, 1.165) is 48.4 Å². The second-order valence-corrected chi connectivity index (χ2v) is 8.32. The van der Waals surface area contributed by atoms with Crippen molar-refractivity contribution in [2.75, 3.05) is 57.2 Å². The number of carbonyl (C=O) groups is 2. The lowest BCUT2D eigenvalue weighted by atomic mass is 10.1. The number of methoxy groups -OCH3 is 2. The quantitative estimate of drug-likeness (QED) is 0.619. The summed E-state index contributed by atoms with van der Waals surface area (Å²) in [5, 5.41) is 3.00. The Bertz CT molecular complexity index is 972. The van der Waals surface area contributed by atoms with Gasteiger partial charge in [0.15, 0.2) is 0 Å². The molecule has 2 aromatic rings. The number of aryl methyl sites for hydroxylation is 1. The van der Waals surface area contributed by atoms with Crippen molar-refractivity contribution in [2.45, 2.75) is 13.8 Å². The number of carbonyl (C=O) groups excluding carboxylic acids is 2. The average Bonchev–Trinajstić information content (AvgIpc) is 2.78. The lowest BCUT2D eigenvalue weighted by molar-refractivity contribution is 0.0600. The molecule has 7 nitrogen and oxygen atoms in total. The second-order valence-electron chi connectivity index (χ2n) is 7.40. The Morgan fingerprint density at radius 1 is 1.10 bits per heavy atom. The zero-order valence-corrected chi connectivity index (χ0v) is 19.9. The van der Waals surface area contributed by atoms with E-state index in [1.165, 1.54) is 7.11 Å². The first-order chi connectivity index (χ1) is 14.9. The van der Waals surface area contributed by atoms with Crippen LogP contribution in [0.4, 0.5) is 11.4 Å². The van der Waals surface area contributed by atoms with Crippen LogP contribution in [0.1, 0.15) is 33.2 Å². The number of amides is 1. The highest BCUT2D eigenvalue weighted by atomic mass is 79.9. The van der Waals surface area contributed by atoms with Crippen molar-refractivity contribution >= 4 is 39.2 Å². The lowest BCUT2D eigenvalue weighted by Crippen LogP contribution is -2.46. The molecule has 1 aliphatic rings. The number of likely N-dealkylation sites (N-methyl/N-ethyl adjacent to an activating group) is 1. The van der Waals surface area contributed by atoms with Gasteiger partial charge in [0.25, 0.3) is 5.91 Å². The molecule has 0 radical (unpaired) electrons. The third-order valence-electron chi connectivity index (χ3n) is 5.51. The summed E-state index contributed by atoms with van der Waals surface area (Å²) in [7, 11) is 2.89. The topological polar surface area (TPSA) is 71.1 Å². The van der Waals surface area contributed by atoms with E-state index in [9.17, 15) is 9.59 Å². The van der Waals surface area contributed by atoms with E-state index in [1.807, 2.05) is 19.1 Å². The standard InChI is InChI=1S/C23H28BrN3O4/c1-5-26-8-10-27(11-9-26)20-7-6-16(23(29)31-4)13-19(20)25-22(28)18-14-17(24)12-15(2)21(18)30-3/h6-7,12-14H,5,8-11H2,1-4H3,(H,25,28). The van der Waals surface area contributed by atoms with Crippen molar-refractivity contribution in [3.05, 3.63) is 51.5 Å². The number of esters is 1. The zero-order valence-electron chi connectivity index (χ0n) is 18.3. The zero-order chi connectivity index (χ0) is 22.5. The van der Waals surface area contributed by atoms with Crippen LogP contribution in [0.3, 0.4) is 0 Å². The summed E-state index contributed by atoms with van der Waals surface area (Å²) < 4.78 is 11.1. The van der Waals surface area contributed by atoms with Crippen LogP contribution < -0.4 is 15.0 Å². The van der Waals surface area contributed by atoms with Crippen LogP contribution in [0.25, 0.3) is 0 Å². The largest absolute Gasteiger partial charge is 0.496 e. The van der Waals surface area contributed by atoms with E-state index in [4.69, 9.17) is 9.47 Å². The number of hydrogen-bond donors (Lipinski definition) is 1. The number of nitrogens with zero attached hydrogens (tertiary/aromatic N) is 2. The summed E-state index contributed by atoms with van der Waals surface area (Å²) >= 11 is 3.45. The van der Waals surface area contributed by atoms with Gasteiger partial charge in [-0.15, -0.1) is 0 Å². The third-order valence-corrected chi connectivity index (χ3v) is 5.97. The number of halogens is 1. The first-order valence-corrected chi connectivity index (χ1v) is 11.0. The molecule has 166 valence electrons. The van der Waals surface area contributed by atoms with Crippen LogP contribution in [0.5, 0.6) is 5.75 Å². The summed E-state index contributed by atoms with van der Waals surface area (Å²) in [6.45, 7) is 8.63. The summed E-state index contributed by atoms with van der Waals surface area (Å²) in [5.74, 6) is -0.242. The summed E-state index contributed by atoms with van der Waals surface area (Å²) in [5.41, 5.74) is 3.09. The van der Waals surface area contributed by atoms with Crippen LogP contribution >= 0.6 is 15.9 Å². The number of piperazine rings is 1. The van der Waals surface area contributed by atoms with Gasteiger partial charge in [-0.1, -0.05) is 22.9 Å². The second kappa shape index (κ2) is 10.2. The number of nitrogens with one attached hydrogen (secondary N) is 1. The summed E-state index contributed by atoms with van der Waals surface area (Å²) in [6, 6.07) is 8.89. The van der Waals surface area contributed by atoms with E-state index in [-0.39, 0.29) is 5.91 Å². The smallest absolute Gasteiger partial charge is 0.337 e. The maximum atomic E-state index is 13.2. The molecule has 1 N–H and O–H groups in total. The molecule has 3 rings (SSSR count). The van der Waals surface area contributed by atoms with Crippen molar-refractivity contribution < 1.29 is 19.1 Å². The van der Waals surface area contributed by atoms with Gasteiger partial charge in [0.05, 0.1) is 36.7 Å². The monoisotopic (exact) mass is 489 g/mol. The summed E-state index contributed by atoms with van der Waals surface area (Å²) in [4.78, 5) is 29.9. The minimum absolute atomic E-state index is 0.309. The molecule has 1 heterocycles. The molecular formula is C23H28BrN3O4. The Morgan fingerprint density at radius 3 is 2.42 bits per heavy atom. The van der Waals surface area contributed by atoms with Gasteiger partial charge in [-0.05, 0) is 49.4 Å². The Hall–Kier alpha value is -2.58. The fraction of sp³-hybridized carbons (Fsp3) is 0.391. The number of ether oxygens (including phenoxy) is 2. The van der Waals surface area contributed by atoms with E-state index in [2.05, 4.69) is 38.0 Å². The number of rotatable bonds is 6. The van der Waals surface area contributed by atoms with E-state index in [0.29, 0.717) is 22.6 Å². The SMILES string of the molecule is CCN1CCN(c2ccc(C(=O)OC)cc2NC(=O)c2cc(Br)cc(C)c2OC)CC1. The van der Waals surface area contributed by atoms with Gasteiger partial charge in [0.1, 0.15) is 5.75 Å². The highest BCUT2D eigenvalue weighted by Gasteiger charge is 2.22. The molecule has 31 heavy (non-hydrogen) atoms. The molecule has 0 unspecified atom stereocenters. The fourth-order valence-electron chi connectivity index (χ4n) is 3.82. The molecule has 0 aliphatic carbocycles. The normalized spacial score (nSPS) is 14.3. The highest BCUT2D eigenvalue weighted by Crippen LogP contribution is 2.32. The molecule has 0 atom stereocenters. The first kappa shape index (κ1) is 23.1. The van der Waals surface area contributed by atoms with Crippen molar-refractivity contribution in [1.82, 2.24) is 4.90 Å². The molecule has 8 heteroatoms. The predicted octanol–water partition coefficient (Wildman–Crippen LogP) is 3.95. The maximum Gasteiger partial charge on any atom is 0.337 e. The van der Waals surface area contributed by atoms with Gasteiger partial charge in [-0.3, -0.25) is 4.79 Å². The molecule has 1 fully saturated rings. The average molecular weight is 490 g/mol. The third kappa shape index (κ3) is 5.19. The molecule has 2 aromatic carbocycles. The highest BCUT2D eigenvalue weighted by molar-refractivity contribution is 9.10. The maximum absolute atomic E-state index is 13.2. The van der Waals surface area contributed by atoms with Crippen LogP contribution in [-0.4, -0.2) is 63.7 Å². The van der Waals surface area contributed by atoms with Gasteiger partial charge >= 0.3 is 5.97 Å². The minimum atomic E-state index is -0.450. The molecular weight excluding hydrogens is 462 g/mol. The van der Waals surface area contributed by atoms with E-state index in [1.54, 1.807) is 25.3 Å². The van der Waals surface area contributed by atoms with Gasteiger partial charge < -0.3 is 24.6 Å². The molecule has 0 bridgehead atoms. The van der Waals surface area contributed by atoms with Gasteiger partial charge in [0.2, 0.25) is 0 Å². The van der Waals surface area contributed by atoms with E-state index >= 15 is 0 Å². The van der Waals surface area contributed by atoms with Crippen LogP contribution in [0.15, 0.2) is 34.8 Å². The first-order valence-electron chi connectivity index (χ1n) is 10.2. The number of anilines is 2. The molecule has 1 aliphatic heterocycles. The molecule has 1 saturated heterocycles. The van der Waals surface area contributed by atoms with Gasteiger partial charge in [-0.25, -0.2) is 4.79 Å². The predicted molar refractivity (Wildman–Crippen MR) is 125 cm³/mol. The molecule has 0 saturated carbocycles. The Kier molecular flexibility index (Phi) is 7.56. The Labute approximate surface area is 191 Å². The Balaban J connectivity index is 1.96. The van der Waals surface area contributed by atoms with Crippen molar-refractivity contribution in [1.29, 1.82) is 0 Å². The van der Waals surface area contributed by atoms with Crippen LogP contribution in [0.2, 0.25) is 0 Å². The van der Waals surface area contributed by atoms with Crippen LogP contribution in [0, 0.1) is 6.92 Å². The summed E-state index contributed by atoms with van der Waals surface area (Å²) in [6.07, 6.45) is 0. The minimum Gasteiger partial charge on any atom is -0.496 e. The Morgan fingerprint density at radius 2 is 1.81 bits per heavy atom.